The Morgan fingerprint density at radius 3 is 2.32 bits per heavy atom. The highest BCUT2D eigenvalue weighted by Crippen LogP contribution is 2.25. The number of amides is 1. The molecule has 1 aliphatic carbocycles. The highest BCUT2D eigenvalue weighted by atomic mass is 32.2. The van der Waals surface area contributed by atoms with Crippen LogP contribution in [0.3, 0.4) is 0 Å². The standard InChI is InChI=1S/C22H28N2O3S/c1-4-24(28(3,26)27)21-13-11-18(12-14-21)22(25)23-16(2)19-10-9-17-7-5-6-8-20(17)15-19/h9-16H,4-8H2,1-3H3,(H,23,25)/t16-/m0/s1. The lowest BCUT2D eigenvalue weighted by molar-refractivity contribution is 0.0940. The predicted molar refractivity (Wildman–Crippen MR) is 113 cm³/mol. The molecular weight excluding hydrogens is 372 g/mol. The average molecular weight is 401 g/mol. The summed E-state index contributed by atoms with van der Waals surface area (Å²) in [5, 5.41) is 3.04. The van der Waals surface area contributed by atoms with E-state index in [1.807, 2.05) is 6.92 Å². The van der Waals surface area contributed by atoms with E-state index in [0.29, 0.717) is 17.8 Å². The minimum atomic E-state index is -3.33. The Labute approximate surface area is 167 Å². The Morgan fingerprint density at radius 1 is 1.07 bits per heavy atom. The zero-order valence-corrected chi connectivity index (χ0v) is 17.6. The summed E-state index contributed by atoms with van der Waals surface area (Å²) in [6, 6.07) is 13.1. The van der Waals surface area contributed by atoms with Gasteiger partial charge in [-0.3, -0.25) is 9.10 Å². The second-order valence-corrected chi connectivity index (χ2v) is 9.31. The first-order valence-corrected chi connectivity index (χ1v) is 11.6. The molecule has 0 radical (unpaired) electrons. The third-order valence-electron chi connectivity index (χ3n) is 5.33. The Hall–Kier alpha value is -2.34. The fourth-order valence-electron chi connectivity index (χ4n) is 3.77. The van der Waals surface area contributed by atoms with Gasteiger partial charge in [-0.1, -0.05) is 18.2 Å². The summed E-state index contributed by atoms with van der Waals surface area (Å²) >= 11 is 0. The van der Waals surface area contributed by atoms with E-state index in [1.165, 1.54) is 34.5 Å². The average Bonchev–Trinajstić information content (AvgIpc) is 2.67. The summed E-state index contributed by atoms with van der Waals surface area (Å²) in [5.41, 5.74) is 5.01. The smallest absolute Gasteiger partial charge is 0.251 e. The van der Waals surface area contributed by atoms with Gasteiger partial charge in [0.15, 0.2) is 0 Å². The van der Waals surface area contributed by atoms with Crippen molar-refractivity contribution in [1.29, 1.82) is 0 Å². The zero-order valence-electron chi connectivity index (χ0n) is 16.7. The number of rotatable bonds is 6. The number of benzene rings is 2. The molecule has 0 spiro atoms. The number of hydrogen-bond acceptors (Lipinski definition) is 3. The number of carbonyl (C=O) groups excluding carboxylic acids is 1. The van der Waals surface area contributed by atoms with Crippen molar-refractivity contribution in [3.05, 3.63) is 64.7 Å². The molecule has 0 heterocycles. The second kappa shape index (κ2) is 8.35. The maximum Gasteiger partial charge on any atom is 0.251 e. The summed E-state index contributed by atoms with van der Waals surface area (Å²) in [6.45, 7) is 4.11. The number of nitrogens with one attached hydrogen (secondary N) is 1. The molecule has 28 heavy (non-hydrogen) atoms. The van der Waals surface area contributed by atoms with Crippen LogP contribution in [-0.4, -0.2) is 27.1 Å². The number of hydrogen-bond donors (Lipinski definition) is 1. The van der Waals surface area contributed by atoms with Crippen molar-refractivity contribution in [2.75, 3.05) is 17.1 Å². The maximum atomic E-state index is 12.6. The largest absolute Gasteiger partial charge is 0.346 e. The van der Waals surface area contributed by atoms with Crippen LogP contribution in [0.1, 0.15) is 59.8 Å². The Bertz CT molecular complexity index is 952. The van der Waals surface area contributed by atoms with Crippen LogP contribution in [0.2, 0.25) is 0 Å². The van der Waals surface area contributed by atoms with E-state index in [1.54, 1.807) is 31.2 Å². The zero-order chi connectivity index (χ0) is 20.3. The molecule has 1 amide bonds. The van der Waals surface area contributed by atoms with Crippen LogP contribution in [0.5, 0.6) is 0 Å². The van der Waals surface area contributed by atoms with E-state index < -0.39 is 10.0 Å². The monoisotopic (exact) mass is 400 g/mol. The van der Waals surface area contributed by atoms with E-state index >= 15 is 0 Å². The fraction of sp³-hybridized carbons (Fsp3) is 0.409. The molecule has 3 rings (SSSR count). The van der Waals surface area contributed by atoms with Gasteiger partial charge in [0, 0.05) is 12.1 Å². The van der Waals surface area contributed by atoms with Gasteiger partial charge < -0.3 is 5.32 Å². The lowest BCUT2D eigenvalue weighted by Crippen LogP contribution is -2.30. The molecule has 0 fully saturated rings. The Kier molecular flexibility index (Phi) is 6.08. The molecule has 0 aromatic heterocycles. The quantitative estimate of drug-likeness (QED) is 0.801. The molecule has 1 aliphatic rings. The third-order valence-corrected chi connectivity index (χ3v) is 6.59. The molecule has 0 aliphatic heterocycles. The Balaban J connectivity index is 1.70. The highest BCUT2D eigenvalue weighted by Gasteiger charge is 2.17. The van der Waals surface area contributed by atoms with Crippen molar-refractivity contribution in [2.45, 2.75) is 45.6 Å². The van der Waals surface area contributed by atoms with Crippen LogP contribution in [-0.2, 0) is 22.9 Å². The maximum absolute atomic E-state index is 12.6. The van der Waals surface area contributed by atoms with Crippen molar-refractivity contribution < 1.29 is 13.2 Å². The van der Waals surface area contributed by atoms with Crippen LogP contribution in [0, 0.1) is 0 Å². The lowest BCUT2D eigenvalue weighted by atomic mass is 9.89. The Morgan fingerprint density at radius 2 is 1.71 bits per heavy atom. The first kappa shape index (κ1) is 20.4. The number of sulfonamides is 1. The fourth-order valence-corrected chi connectivity index (χ4v) is 4.75. The van der Waals surface area contributed by atoms with Gasteiger partial charge in [0.1, 0.15) is 0 Å². The van der Waals surface area contributed by atoms with Crippen LogP contribution >= 0.6 is 0 Å². The van der Waals surface area contributed by atoms with E-state index in [-0.39, 0.29) is 11.9 Å². The van der Waals surface area contributed by atoms with Crippen LogP contribution in [0.25, 0.3) is 0 Å². The van der Waals surface area contributed by atoms with Crippen molar-refractivity contribution in [2.24, 2.45) is 0 Å². The number of aryl methyl sites for hydroxylation is 2. The van der Waals surface area contributed by atoms with E-state index in [2.05, 4.69) is 23.5 Å². The second-order valence-electron chi connectivity index (χ2n) is 7.41. The van der Waals surface area contributed by atoms with Crippen molar-refractivity contribution in [3.63, 3.8) is 0 Å². The molecule has 0 unspecified atom stereocenters. The van der Waals surface area contributed by atoms with Crippen molar-refractivity contribution >= 4 is 21.6 Å². The predicted octanol–water partition coefficient (Wildman–Crippen LogP) is 3.84. The molecule has 6 heteroatoms. The van der Waals surface area contributed by atoms with Crippen molar-refractivity contribution in [1.82, 2.24) is 5.32 Å². The van der Waals surface area contributed by atoms with E-state index in [4.69, 9.17) is 0 Å². The molecule has 0 bridgehead atoms. The minimum Gasteiger partial charge on any atom is -0.346 e. The van der Waals surface area contributed by atoms with E-state index in [9.17, 15) is 13.2 Å². The molecule has 2 aromatic carbocycles. The first-order chi connectivity index (χ1) is 13.3. The van der Waals surface area contributed by atoms with Gasteiger partial charge in [0.2, 0.25) is 10.0 Å². The summed E-state index contributed by atoms with van der Waals surface area (Å²) in [7, 11) is -3.33. The third kappa shape index (κ3) is 4.55. The van der Waals surface area contributed by atoms with Gasteiger partial charge in [0.05, 0.1) is 18.0 Å². The van der Waals surface area contributed by atoms with Crippen LogP contribution < -0.4 is 9.62 Å². The topological polar surface area (TPSA) is 66.5 Å². The minimum absolute atomic E-state index is 0.0948. The lowest BCUT2D eigenvalue weighted by Gasteiger charge is -2.21. The first-order valence-electron chi connectivity index (χ1n) is 9.80. The van der Waals surface area contributed by atoms with E-state index in [0.717, 1.165) is 18.4 Å². The van der Waals surface area contributed by atoms with Crippen molar-refractivity contribution in [3.8, 4) is 0 Å². The van der Waals surface area contributed by atoms with Gasteiger partial charge in [-0.05, 0) is 80.5 Å². The molecule has 150 valence electrons. The SMILES string of the molecule is CCN(c1ccc(C(=O)N[C@@H](C)c2ccc3c(c2)CCCC3)cc1)S(C)(=O)=O. The summed E-state index contributed by atoms with van der Waals surface area (Å²) in [5.74, 6) is -0.167. The van der Waals surface area contributed by atoms with Gasteiger partial charge in [-0.25, -0.2) is 8.42 Å². The molecule has 0 saturated heterocycles. The van der Waals surface area contributed by atoms with Gasteiger partial charge in [0.25, 0.3) is 5.91 Å². The number of carbonyl (C=O) groups is 1. The molecule has 1 atom stereocenters. The molecule has 2 aromatic rings. The number of fused-ring (bicyclic) bond motifs is 1. The van der Waals surface area contributed by atoms with Gasteiger partial charge in [-0.15, -0.1) is 0 Å². The van der Waals surface area contributed by atoms with Crippen LogP contribution in [0.15, 0.2) is 42.5 Å². The summed E-state index contributed by atoms with van der Waals surface area (Å²) < 4.78 is 25.0. The number of anilines is 1. The number of nitrogens with zero attached hydrogens (tertiary/aromatic N) is 1. The molecule has 5 nitrogen and oxygen atoms in total. The van der Waals surface area contributed by atoms with Gasteiger partial charge >= 0.3 is 0 Å². The highest BCUT2D eigenvalue weighted by molar-refractivity contribution is 7.92. The van der Waals surface area contributed by atoms with Crippen LogP contribution in [0.4, 0.5) is 5.69 Å². The molecular formula is C22H28N2O3S. The molecule has 0 saturated carbocycles. The molecule has 1 N–H and O–H groups in total. The summed E-state index contributed by atoms with van der Waals surface area (Å²) in [6.07, 6.45) is 5.91. The normalized spacial score (nSPS) is 14.8. The summed E-state index contributed by atoms with van der Waals surface area (Å²) in [4.78, 5) is 12.6. The van der Waals surface area contributed by atoms with Gasteiger partial charge in [-0.2, -0.15) is 0 Å².